The average molecular weight is 322 g/mol. The molecule has 126 valence electrons. The fourth-order valence-corrected chi connectivity index (χ4v) is 1.59. The standard InChI is InChI=1S/C11H12N2O3.C5H10O2/c14-10-12-6-7-13(10)11(15)16-8-9-4-2-1-3-5-9;1-5(2,3)7-4-6/h1-5H,6-8H2,(H,12,14);4H,1-3H3. The highest BCUT2D eigenvalue weighted by molar-refractivity contribution is 5.92. The van der Waals surface area contributed by atoms with Gasteiger partial charge in [-0.15, -0.1) is 0 Å². The Balaban J connectivity index is 0.000000322. The summed E-state index contributed by atoms with van der Waals surface area (Å²) >= 11 is 0. The summed E-state index contributed by atoms with van der Waals surface area (Å²) in [5.74, 6) is 0. The summed E-state index contributed by atoms with van der Waals surface area (Å²) in [5, 5.41) is 2.53. The monoisotopic (exact) mass is 322 g/mol. The zero-order valence-electron chi connectivity index (χ0n) is 13.6. The minimum Gasteiger partial charge on any atom is -0.462 e. The van der Waals surface area contributed by atoms with Crippen LogP contribution in [0.25, 0.3) is 0 Å². The molecule has 7 nitrogen and oxygen atoms in total. The topological polar surface area (TPSA) is 84.9 Å². The molecule has 1 aliphatic heterocycles. The number of carbonyl (C=O) groups is 3. The predicted molar refractivity (Wildman–Crippen MR) is 83.6 cm³/mol. The summed E-state index contributed by atoms with van der Waals surface area (Å²) in [7, 11) is 0. The van der Waals surface area contributed by atoms with Gasteiger partial charge in [0.15, 0.2) is 0 Å². The van der Waals surface area contributed by atoms with Crippen LogP contribution in [0.2, 0.25) is 0 Å². The normalized spacial score (nSPS) is 13.5. The first-order valence-corrected chi connectivity index (χ1v) is 7.21. The molecule has 0 aliphatic carbocycles. The van der Waals surface area contributed by atoms with Crippen LogP contribution in [0.1, 0.15) is 26.3 Å². The molecule has 1 aliphatic rings. The Morgan fingerprint density at radius 1 is 1.30 bits per heavy atom. The molecule has 1 N–H and O–H groups in total. The zero-order chi connectivity index (χ0) is 17.3. The van der Waals surface area contributed by atoms with Crippen molar-refractivity contribution in [2.24, 2.45) is 0 Å². The van der Waals surface area contributed by atoms with Gasteiger partial charge in [-0.3, -0.25) is 4.79 Å². The first-order chi connectivity index (χ1) is 10.8. The number of amides is 3. The summed E-state index contributed by atoms with van der Waals surface area (Å²) < 4.78 is 9.56. The van der Waals surface area contributed by atoms with Gasteiger partial charge in [0.2, 0.25) is 0 Å². The van der Waals surface area contributed by atoms with Gasteiger partial charge in [-0.1, -0.05) is 30.3 Å². The molecule has 7 heteroatoms. The van der Waals surface area contributed by atoms with Gasteiger partial charge in [-0.2, -0.15) is 0 Å². The maximum Gasteiger partial charge on any atom is 0.418 e. The van der Waals surface area contributed by atoms with Gasteiger partial charge in [0.05, 0.1) is 6.54 Å². The van der Waals surface area contributed by atoms with E-state index in [2.05, 4.69) is 10.1 Å². The summed E-state index contributed by atoms with van der Waals surface area (Å²) in [6, 6.07) is 8.95. The van der Waals surface area contributed by atoms with Gasteiger partial charge in [0, 0.05) is 6.54 Å². The number of nitrogens with one attached hydrogen (secondary N) is 1. The van der Waals surface area contributed by atoms with Crippen LogP contribution >= 0.6 is 0 Å². The Kier molecular flexibility index (Phi) is 7.05. The summed E-state index contributed by atoms with van der Waals surface area (Å²) in [6.07, 6.45) is -0.598. The van der Waals surface area contributed by atoms with Crippen LogP contribution < -0.4 is 5.32 Å². The smallest absolute Gasteiger partial charge is 0.418 e. The Morgan fingerprint density at radius 3 is 2.39 bits per heavy atom. The lowest BCUT2D eigenvalue weighted by Crippen LogP contribution is -2.34. The van der Waals surface area contributed by atoms with Gasteiger partial charge in [0.1, 0.15) is 12.2 Å². The van der Waals surface area contributed by atoms with Crippen molar-refractivity contribution in [3.63, 3.8) is 0 Å². The minimum absolute atomic E-state index is 0.184. The van der Waals surface area contributed by atoms with E-state index in [1.54, 1.807) is 0 Å². The molecule has 0 saturated carbocycles. The number of hydrogen-bond acceptors (Lipinski definition) is 5. The third kappa shape index (κ3) is 7.30. The quantitative estimate of drug-likeness (QED) is 0.863. The van der Waals surface area contributed by atoms with Crippen molar-refractivity contribution < 1.29 is 23.9 Å². The maximum atomic E-state index is 11.5. The van der Waals surface area contributed by atoms with Crippen LogP contribution in [0.4, 0.5) is 9.59 Å². The minimum atomic E-state index is -0.598. The second-order valence-corrected chi connectivity index (χ2v) is 5.75. The number of ether oxygens (including phenoxy) is 2. The van der Waals surface area contributed by atoms with E-state index in [1.165, 1.54) is 0 Å². The van der Waals surface area contributed by atoms with Crippen LogP contribution in [0, 0.1) is 0 Å². The molecule has 0 radical (unpaired) electrons. The molecule has 2 rings (SSSR count). The third-order valence-corrected chi connectivity index (χ3v) is 2.68. The molecule has 1 aromatic carbocycles. The van der Waals surface area contributed by atoms with Crippen LogP contribution in [-0.2, 0) is 20.9 Å². The van der Waals surface area contributed by atoms with Crippen LogP contribution in [0.3, 0.4) is 0 Å². The van der Waals surface area contributed by atoms with Gasteiger partial charge in [0.25, 0.3) is 6.47 Å². The van der Waals surface area contributed by atoms with Crippen molar-refractivity contribution >= 4 is 18.6 Å². The van der Waals surface area contributed by atoms with E-state index >= 15 is 0 Å². The first kappa shape index (κ1) is 18.5. The number of rotatable bonds is 3. The Labute approximate surface area is 135 Å². The Morgan fingerprint density at radius 2 is 1.96 bits per heavy atom. The average Bonchev–Trinajstić information content (AvgIpc) is 2.91. The summed E-state index contributed by atoms with van der Waals surface area (Å²) in [6.45, 7) is 6.96. The molecule has 3 amide bonds. The van der Waals surface area contributed by atoms with Gasteiger partial charge >= 0.3 is 12.1 Å². The van der Waals surface area contributed by atoms with Gasteiger partial charge < -0.3 is 14.8 Å². The van der Waals surface area contributed by atoms with Gasteiger partial charge in [-0.05, 0) is 26.3 Å². The Hall–Kier alpha value is -2.57. The van der Waals surface area contributed by atoms with E-state index in [0.29, 0.717) is 19.6 Å². The van der Waals surface area contributed by atoms with Crippen molar-refractivity contribution in [3.8, 4) is 0 Å². The van der Waals surface area contributed by atoms with E-state index in [-0.39, 0.29) is 12.2 Å². The Bertz CT molecular complexity index is 525. The molecular weight excluding hydrogens is 300 g/mol. The predicted octanol–water partition coefficient (Wildman–Crippen LogP) is 2.31. The number of carbonyl (C=O) groups excluding carboxylic acids is 3. The van der Waals surface area contributed by atoms with E-state index < -0.39 is 12.1 Å². The molecule has 0 spiro atoms. The molecule has 0 aromatic heterocycles. The lowest BCUT2D eigenvalue weighted by atomic mass is 10.2. The van der Waals surface area contributed by atoms with Crippen LogP contribution in [-0.4, -0.2) is 42.2 Å². The second kappa shape index (κ2) is 8.77. The molecule has 1 saturated heterocycles. The molecule has 1 fully saturated rings. The number of nitrogens with zero attached hydrogens (tertiary/aromatic N) is 1. The SMILES string of the molecule is CC(C)(C)OC=O.O=C1NCCN1C(=O)OCc1ccccc1. The molecule has 0 atom stereocenters. The molecular formula is C16H22N2O5. The van der Waals surface area contributed by atoms with Gasteiger partial charge in [-0.25, -0.2) is 14.5 Å². The highest BCUT2D eigenvalue weighted by Gasteiger charge is 2.27. The van der Waals surface area contributed by atoms with Crippen molar-refractivity contribution in [1.82, 2.24) is 10.2 Å². The fourth-order valence-electron chi connectivity index (χ4n) is 1.59. The fraction of sp³-hybridized carbons (Fsp3) is 0.438. The maximum absolute atomic E-state index is 11.5. The molecule has 0 bridgehead atoms. The number of benzene rings is 1. The summed E-state index contributed by atoms with van der Waals surface area (Å²) in [5.41, 5.74) is 0.581. The molecule has 1 aromatic rings. The highest BCUT2D eigenvalue weighted by atomic mass is 16.6. The van der Waals surface area contributed by atoms with E-state index in [9.17, 15) is 14.4 Å². The lowest BCUT2D eigenvalue weighted by Gasteiger charge is -2.14. The van der Waals surface area contributed by atoms with Crippen molar-refractivity contribution in [1.29, 1.82) is 0 Å². The number of urea groups is 1. The zero-order valence-corrected chi connectivity index (χ0v) is 13.6. The van der Waals surface area contributed by atoms with Crippen LogP contribution in [0.5, 0.6) is 0 Å². The first-order valence-electron chi connectivity index (χ1n) is 7.21. The summed E-state index contributed by atoms with van der Waals surface area (Å²) in [4.78, 5) is 33.3. The molecule has 0 unspecified atom stereocenters. The van der Waals surface area contributed by atoms with E-state index in [4.69, 9.17) is 4.74 Å². The van der Waals surface area contributed by atoms with Crippen molar-refractivity contribution in [2.45, 2.75) is 33.0 Å². The van der Waals surface area contributed by atoms with Crippen molar-refractivity contribution in [2.75, 3.05) is 13.1 Å². The largest absolute Gasteiger partial charge is 0.462 e. The van der Waals surface area contributed by atoms with Crippen LogP contribution in [0.15, 0.2) is 30.3 Å². The second-order valence-electron chi connectivity index (χ2n) is 5.75. The highest BCUT2D eigenvalue weighted by Crippen LogP contribution is 2.05. The molecule has 23 heavy (non-hydrogen) atoms. The molecule has 1 heterocycles. The van der Waals surface area contributed by atoms with E-state index in [0.717, 1.165) is 10.5 Å². The van der Waals surface area contributed by atoms with E-state index in [1.807, 2.05) is 51.1 Å². The number of imide groups is 1. The lowest BCUT2D eigenvalue weighted by molar-refractivity contribution is -0.138. The number of hydrogen-bond donors (Lipinski definition) is 1. The third-order valence-electron chi connectivity index (χ3n) is 2.68. The van der Waals surface area contributed by atoms with Crippen molar-refractivity contribution in [3.05, 3.63) is 35.9 Å².